The summed E-state index contributed by atoms with van der Waals surface area (Å²) < 4.78 is 10.8. The van der Waals surface area contributed by atoms with Crippen LogP contribution in [0.3, 0.4) is 0 Å². The first kappa shape index (κ1) is 17.4. The first-order chi connectivity index (χ1) is 12.1. The van der Waals surface area contributed by atoms with E-state index in [1.807, 2.05) is 31.2 Å². The van der Waals surface area contributed by atoms with Crippen LogP contribution in [-0.4, -0.2) is 53.9 Å². The smallest absolute Gasteiger partial charge is 0.317 e. The van der Waals surface area contributed by atoms with Crippen LogP contribution in [0.4, 0.5) is 4.79 Å². The van der Waals surface area contributed by atoms with Crippen LogP contribution in [0.25, 0.3) is 11.5 Å². The van der Waals surface area contributed by atoms with Crippen molar-refractivity contribution in [3.05, 3.63) is 35.7 Å². The van der Waals surface area contributed by atoms with Gasteiger partial charge in [0.25, 0.3) is 5.89 Å². The molecule has 2 aromatic rings. The molecular formula is C18H24N4O3. The number of likely N-dealkylation sites (N-methyl/N-ethyl adjacent to an activating group) is 1. The number of nitrogens with zero attached hydrogens (tertiary/aromatic N) is 3. The Hall–Kier alpha value is -2.41. The number of hydrogen-bond acceptors (Lipinski definition) is 5. The van der Waals surface area contributed by atoms with Gasteiger partial charge in [0.05, 0.1) is 6.10 Å². The highest BCUT2D eigenvalue weighted by Gasteiger charge is 2.18. The number of carbonyl (C=O) groups is 1. The van der Waals surface area contributed by atoms with Crippen LogP contribution in [0.1, 0.15) is 24.2 Å². The normalized spacial score (nSPS) is 16.8. The number of aryl methyl sites for hydroxylation is 1. The number of ether oxygens (including phenoxy) is 1. The molecule has 0 spiro atoms. The fourth-order valence-electron chi connectivity index (χ4n) is 2.68. The van der Waals surface area contributed by atoms with E-state index in [9.17, 15) is 4.79 Å². The fourth-order valence-corrected chi connectivity index (χ4v) is 2.68. The maximum atomic E-state index is 12.1. The quantitative estimate of drug-likeness (QED) is 0.870. The second-order valence-electron chi connectivity index (χ2n) is 6.37. The van der Waals surface area contributed by atoms with E-state index in [1.165, 1.54) is 5.56 Å². The molecule has 7 heteroatoms. The molecule has 0 aliphatic carbocycles. The highest BCUT2D eigenvalue weighted by atomic mass is 16.5. The Morgan fingerprint density at radius 1 is 1.36 bits per heavy atom. The Morgan fingerprint density at radius 2 is 2.16 bits per heavy atom. The Bertz CT molecular complexity index is 693. The molecule has 2 heterocycles. The van der Waals surface area contributed by atoms with Crippen molar-refractivity contribution in [3.63, 3.8) is 0 Å². The number of rotatable bonds is 6. The van der Waals surface area contributed by atoms with Crippen LogP contribution in [0.2, 0.25) is 0 Å². The summed E-state index contributed by atoms with van der Waals surface area (Å²) in [5.74, 6) is 1.09. The summed E-state index contributed by atoms with van der Waals surface area (Å²) in [6.45, 7) is 3.90. The van der Waals surface area contributed by atoms with Gasteiger partial charge in [-0.3, -0.25) is 0 Å². The van der Waals surface area contributed by atoms with Gasteiger partial charge in [0, 0.05) is 38.7 Å². The van der Waals surface area contributed by atoms with Crippen LogP contribution in [0.15, 0.2) is 28.8 Å². The van der Waals surface area contributed by atoms with Crippen molar-refractivity contribution in [3.8, 4) is 11.5 Å². The standard InChI is InChI=1S/C18H24N4O3/c1-13-5-7-14(8-6-13)17-20-16(21-25-17)9-10-22(2)18(23)19-12-15-4-3-11-24-15/h5-8,15H,3-4,9-12H2,1-2H3,(H,19,23). The molecular weight excluding hydrogens is 320 g/mol. The summed E-state index contributed by atoms with van der Waals surface area (Å²) in [6, 6.07) is 7.81. The molecule has 134 valence electrons. The number of carbonyl (C=O) groups excluding carboxylic acids is 1. The molecule has 1 aromatic heterocycles. The van der Waals surface area contributed by atoms with Gasteiger partial charge in [0.2, 0.25) is 0 Å². The number of nitrogens with one attached hydrogen (secondary N) is 1. The predicted molar refractivity (Wildman–Crippen MR) is 93.2 cm³/mol. The highest BCUT2D eigenvalue weighted by molar-refractivity contribution is 5.73. The lowest BCUT2D eigenvalue weighted by atomic mass is 10.1. The lowest BCUT2D eigenvalue weighted by molar-refractivity contribution is 0.109. The largest absolute Gasteiger partial charge is 0.376 e. The average molecular weight is 344 g/mol. The van der Waals surface area contributed by atoms with Gasteiger partial charge in [-0.05, 0) is 31.9 Å². The molecule has 3 rings (SSSR count). The number of hydrogen-bond donors (Lipinski definition) is 1. The molecule has 1 fully saturated rings. The van der Waals surface area contributed by atoms with Crippen molar-refractivity contribution in [1.82, 2.24) is 20.4 Å². The minimum absolute atomic E-state index is 0.113. The Labute approximate surface area is 147 Å². The van der Waals surface area contributed by atoms with Gasteiger partial charge in [-0.25, -0.2) is 4.79 Å². The second-order valence-corrected chi connectivity index (χ2v) is 6.37. The van der Waals surface area contributed by atoms with E-state index in [-0.39, 0.29) is 12.1 Å². The molecule has 2 amide bonds. The zero-order valence-electron chi connectivity index (χ0n) is 14.7. The Kier molecular flexibility index (Phi) is 5.65. The SMILES string of the molecule is Cc1ccc(-c2nc(CCN(C)C(=O)NCC3CCCO3)no2)cc1. The third-order valence-electron chi connectivity index (χ3n) is 4.29. The monoisotopic (exact) mass is 344 g/mol. The summed E-state index contributed by atoms with van der Waals surface area (Å²) in [5.41, 5.74) is 2.08. The minimum atomic E-state index is -0.113. The van der Waals surface area contributed by atoms with E-state index < -0.39 is 0 Å². The fraction of sp³-hybridized carbons (Fsp3) is 0.500. The van der Waals surface area contributed by atoms with Gasteiger partial charge in [-0.15, -0.1) is 0 Å². The van der Waals surface area contributed by atoms with Crippen molar-refractivity contribution in [2.75, 3.05) is 26.7 Å². The van der Waals surface area contributed by atoms with Crippen LogP contribution in [0.5, 0.6) is 0 Å². The van der Waals surface area contributed by atoms with Gasteiger partial charge in [-0.2, -0.15) is 4.98 Å². The predicted octanol–water partition coefficient (Wildman–Crippen LogP) is 2.41. The van der Waals surface area contributed by atoms with E-state index >= 15 is 0 Å². The summed E-state index contributed by atoms with van der Waals surface area (Å²) in [5, 5.41) is 6.89. The maximum absolute atomic E-state index is 12.1. The maximum Gasteiger partial charge on any atom is 0.317 e. The molecule has 25 heavy (non-hydrogen) atoms. The Morgan fingerprint density at radius 3 is 2.88 bits per heavy atom. The molecule has 1 aliphatic rings. The summed E-state index contributed by atoms with van der Waals surface area (Å²) in [7, 11) is 1.76. The van der Waals surface area contributed by atoms with Gasteiger partial charge in [0.15, 0.2) is 5.82 Å². The minimum Gasteiger partial charge on any atom is -0.376 e. The van der Waals surface area contributed by atoms with Gasteiger partial charge in [0.1, 0.15) is 0 Å². The zero-order chi connectivity index (χ0) is 17.6. The number of benzene rings is 1. The third-order valence-corrected chi connectivity index (χ3v) is 4.29. The lowest BCUT2D eigenvalue weighted by Crippen LogP contribution is -2.41. The molecule has 1 atom stereocenters. The van der Waals surface area contributed by atoms with Crippen molar-refractivity contribution in [1.29, 1.82) is 0 Å². The topological polar surface area (TPSA) is 80.5 Å². The molecule has 0 radical (unpaired) electrons. The van der Waals surface area contributed by atoms with Gasteiger partial charge in [-0.1, -0.05) is 22.9 Å². The summed E-state index contributed by atoms with van der Waals surface area (Å²) >= 11 is 0. The van der Waals surface area contributed by atoms with E-state index in [4.69, 9.17) is 9.26 Å². The third kappa shape index (κ3) is 4.79. The van der Waals surface area contributed by atoms with Crippen molar-refractivity contribution >= 4 is 6.03 Å². The molecule has 1 aliphatic heterocycles. The van der Waals surface area contributed by atoms with Crippen molar-refractivity contribution in [2.24, 2.45) is 0 Å². The van der Waals surface area contributed by atoms with Gasteiger partial charge >= 0.3 is 6.03 Å². The van der Waals surface area contributed by atoms with Crippen LogP contribution in [0, 0.1) is 6.92 Å². The van der Waals surface area contributed by atoms with Crippen molar-refractivity contribution in [2.45, 2.75) is 32.3 Å². The molecule has 0 saturated carbocycles. The molecule has 1 unspecified atom stereocenters. The van der Waals surface area contributed by atoms with E-state index in [0.29, 0.717) is 31.2 Å². The summed E-state index contributed by atoms with van der Waals surface area (Å²) in [4.78, 5) is 18.1. The van der Waals surface area contributed by atoms with Crippen molar-refractivity contribution < 1.29 is 14.1 Å². The Balaban J connectivity index is 1.46. The van der Waals surface area contributed by atoms with Crippen LogP contribution in [-0.2, 0) is 11.2 Å². The first-order valence-electron chi connectivity index (χ1n) is 8.62. The second kappa shape index (κ2) is 8.11. The lowest BCUT2D eigenvalue weighted by Gasteiger charge is -2.18. The molecule has 7 nitrogen and oxygen atoms in total. The van der Waals surface area contributed by atoms with E-state index in [1.54, 1.807) is 11.9 Å². The zero-order valence-corrected chi connectivity index (χ0v) is 14.7. The van der Waals surface area contributed by atoms with E-state index in [2.05, 4.69) is 15.5 Å². The van der Waals surface area contributed by atoms with Crippen LogP contribution >= 0.6 is 0 Å². The molecule has 1 saturated heterocycles. The molecule has 0 bridgehead atoms. The molecule has 1 aromatic carbocycles. The first-order valence-corrected chi connectivity index (χ1v) is 8.62. The summed E-state index contributed by atoms with van der Waals surface area (Å²) in [6.07, 6.45) is 2.76. The highest BCUT2D eigenvalue weighted by Crippen LogP contribution is 2.17. The van der Waals surface area contributed by atoms with E-state index in [0.717, 1.165) is 25.0 Å². The number of aromatic nitrogens is 2. The van der Waals surface area contributed by atoms with Crippen LogP contribution < -0.4 is 5.32 Å². The number of amides is 2. The number of urea groups is 1. The molecule has 1 N–H and O–H groups in total. The average Bonchev–Trinajstić information content (AvgIpc) is 3.30. The van der Waals surface area contributed by atoms with Gasteiger partial charge < -0.3 is 19.5 Å².